The van der Waals surface area contributed by atoms with Crippen molar-refractivity contribution in [2.75, 3.05) is 0 Å². The van der Waals surface area contributed by atoms with E-state index in [2.05, 4.69) is 86.1 Å². The quantitative estimate of drug-likeness (QED) is 0.505. The zero-order valence-corrected chi connectivity index (χ0v) is 16.6. The Hall–Kier alpha value is -2.00. The van der Waals surface area contributed by atoms with Crippen molar-refractivity contribution in [1.82, 2.24) is 4.98 Å². The Labute approximate surface area is 157 Å². The average Bonchev–Trinajstić information content (AvgIpc) is 2.58. The van der Waals surface area contributed by atoms with Crippen LogP contribution in [0.25, 0.3) is 10.9 Å². The van der Waals surface area contributed by atoms with E-state index in [4.69, 9.17) is 9.98 Å². The van der Waals surface area contributed by atoms with Crippen LogP contribution < -0.4 is 0 Å². The van der Waals surface area contributed by atoms with Gasteiger partial charge < -0.3 is 0 Å². The largest absolute Gasteiger partial charge is 0.275 e. The summed E-state index contributed by atoms with van der Waals surface area (Å²) in [6, 6.07) is 18.9. The van der Waals surface area contributed by atoms with Crippen LogP contribution in [0, 0.1) is 0 Å². The highest BCUT2D eigenvalue weighted by Crippen LogP contribution is 2.44. The molecule has 126 valence electrons. The number of fused-ring (bicyclic) bond motifs is 2. The molecule has 2 aromatic carbocycles. The van der Waals surface area contributed by atoms with Crippen LogP contribution in [0.1, 0.15) is 44.5 Å². The molecule has 2 nitrogen and oxygen atoms in total. The lowest BCUT2D eigenvalue weighted by Crippen LogP contribution is -2.46. The number of halogens is 1. The minimum Gasteiger partial charge on any atom is -0.275 e. The summed E-state index contributed by atoms with van der Waals surface area (Å²) >= 11 is 3.63. The van der Waals surface area contributed by atoms with Gasteiger partial charge in [-0.3, -0.25) is 4.99 Å². The maximum atomic E-state index is 5.15. The second-order valence-electron chi connectivity index (χ2n) is 7.72. The van der Waals surface area contributed by atoms with Crippen LogP contribution in [-0.2, 0) is 5.41 Å². The van der Waals surface area contributed by atoms with E-state index in [1.807, 2.05) is 12.1 Å². The van der Waals surface area contributed by atoms with E-state index in [1.54, 1.807) is 0 Å². The Morgan fingerprint density at radius 1 is 0.880 bits per heavy atom. The number of rotatable bonds is 1. The fourth-order valence-electron chi connectivity index (χ4n) is 3.44. The standard InChI is InChI=1S/C22H21BrN2/c1-21(2)17-13-15(23)10-11-16(17)20(25-22(21,3)4)19-12-9-14-7-5-6-8-18(14)24-19/h5-13H,1-4H3. The molecular formula is C22H21BrN2. The van der Waals surface area contributed by atoms with E-state index in [0.717, 1.165) is 26.8 Å². The minimum atomic E-state index is -0.219. The first kappa shape index (κ1) is 16.5. The molecule has 0 saturated heterocycles. The minimum absolute atomic E-state index is 0.0630. The second-order valence-corrected chi connectivity index (χ2v) is 8.64. The number of benzene rings is 2. The fourth-order valence-corrected chi connectivity index (χ4v) is 3.80. The molecule has 4 rings (SSSR count). The molecule has 1 aliphatic rings. The van der Waals surface area contributed by atoms with Gasteiger partial charge in [-0.1, -0.05) is 60.1 Å². The monoisotopic (exact) mass is 392 g/mol. The number of aliphatic imine (C=N–C) groups is 1. The van der Waals surface area contributed by atoms with Gasteiger partial charge in [-0.05, 0) is 43.7 Å². The first-order valence-corrected chi connectivity index (χ1v) is 9.35. The van der Waals surface area contributed by atoms with Crippen LogP contribution >= 0.6 is 15.9 Å². The predicted molar refractivity (Wildman–Crippen MR) is 109 cm³/mol. The van der Waals surface area contributed by atoms with Gasteiger partial charge in [0.1, 0.15) is 0 Å². The number of hydrogen-bond acceptors (Lipinski definition) is 2. The lowest BCUT2D eigenvalue weighted by molar-refractivity contribution is 0.303. The van der Waals surface area contributed by atoms with Crippen LogP contribution in [0.4, 0.5) is 0 Å². The summed E-state index contributed by atoms with van der Waals surface area (Å²) in [7, 11) is 0. The summed E-state index contributed by atoms with van der Waals surface area (Å²) in [5.41, 5.74) is 5.13. The van der Waals surface area contributed by atoms with E-state index >= 15 is 0 Å². The Balaban J connectivity index is 1.98. The summed E-state index contributed by atoms with van der Waals surface area (Å²) in [6.45, 7) is 8.95. The first-order chi connectivity index (χ1) is 11.8. The summed E-state index contributed by atoms with van der Waals surface area (Å²) in [5.74, 6) is 0. The van der Waals surface area contributed by atoms with Crippen molar-refractivity contribution in [3.05, 3.63) is 75.9 Å². The zero-order valence-electron chi connectivity index (χ0n) is 15.0. The third-order valence-corrected chi connectivity index (χ3v) is 6.17. The third-order valence-electron chi connectivity index (χ3n) is 5.67. The van der Waals surface area contributed by atoms with Crippen LogP contribution in [-0.4, -0.2) is 16.2 Å². The van der Waals surface area contributed by atoms with Crippen LogP contribution in [0.3, 0.4) is 0 Å². The number of nitrogens with zero attached hydrogens (tertiary/aromatic N) is 2. The van der Waals surface area contributed by atoms with Gasteiger partial charge >= 0.3 is 0 Å². The van der Waals surface area contributed by atoms with Crippen molar-refractivity contribution < 1.29 is 0 Å². The highest BCUT2D eigenvalue weighted by molar-refractivity contribution is 9.10. The summed E-state index contributed by atoms with van der Waals surface area (Å²) < 4.78 is 1.10. The average molecular weight is 393 g/mol. The van der Waals surface area contributed by atoms with Crippen LogP contribution in [0.2, 0.25) is 0 Å². The van der Waals surface area contributed by atoms with Gasteiger partial charge in [-0.2, -0.15) is 0 Å². The molecular weight excluding hydrogens is 372 g/mol. The first-order valence-electron chi connectivity index (χ1n) is 8.56. The SMILES string of the molecule is CC1(C)N=C(c2ccc3ccccc3n2)c2ccc(Br)cc2C1(C)C. The molecule has 0 spiro atoms. The normalized spacial score (nSPS) is 17.9. The van der Waals surface area contributed by atoms with E-state index in [0.29, 0.717) is 0 Å². The molecule has 0 aliphatic carbocycles. The Bertz CT molecular complexity index is 1020. The van der Waals surface area contributed by atoms with E-state index in [9.17, 15) is 0 Å². The fraction of sp³-hybridized carbons (Fsp3) is 0.273. The maximum Gasteiger partial charge on any atom is 0.0913 e. The lowest BCUT2D eigenvalue weighted by atomic mass is 9.66. The topological polar surface area (TPSA) is 25.2 Å². The van der Waals surface area contributed by atoms with E-state index < -0.39 is 0 Å². The molecule has 0 amide bonds. The molecule has 3 aromatic rings. The Morgan fingerprint density at radius 3 is 2.44 bits per heavy atom. The van der Waals surface area contributed by atoms with Gasteiger partial charge in [0.05, 0.1) is 22.5 Å². The molecule has 0 saturated carbocycles. The van der Waals surface area contributed by atoms with Gasteiger partial charge in [0.2, 0.25) is 0 Å². The highest BCUT2D eigenvalue weighted by atomic mass is 79.9. The number of hydrogen-bond donors (Lipinski definition) is 0. The zero-order chi connectivity index (χ0) is 17.8. The van der Waals surface area contributed by atoms with Crippen LogP contribution in [0.15, 0.2) is 64.1 Å². The molecule has 0 unspecified atom stereocenters. The number of aromatic nitrogens is 1. The molecule has 0 N–H and O–H groups in total. The van der Waals surface area contributed by atoms with Crippen LogP contribution in [0.5, 0.6) is 0 Å². The highest BCUT2D eigenvalue weighted by Gasteiger charge is 2.44. The van der Waals surface area contributed by atoms with Crippen molar-refractivity contribution >= 4 is 32.5 Å². The smallest absolute Gasteiger partial charge is 0.0913 e. The third kappa shape index (κ3) is 2.53. The maximum absolute atomic E-state index is 5.15. The number of para-hydroxylation sites is 1. The molecule has 0 fully saturated rings. The molecule has 1 aromatic heterocycles. The second kappa shape index (κ2) is 5.50. The van der Waals surface area contributed by atoms with Crippen molar-refractivity contribution in [1.29, 1.82) is 0 Å². The van der Waals surface area contributed by atoms with Gasteiger partial charge in [0, 0.05) is 20.8 Å². The molecule has 0 radical (unpaired) electrons. The Morgan fingerprint density at radius 2 is 1.64 bits per heavy atom. The van der Waals surface area contributed by atoms with Gasteiger partial charge in [0.15, 0.2) is 0 Å². The Kier molecular flexibility index (Phi) is 3.62. The summed E-state index contributed by atoms with van der Waals surface area (Å²) in [4.78, 5) is 10.0. The van der Waals surface area contributed by atoms with Crippen molar-refractivity contribution in [2.45, 2.75) is 38.6 Å². The summed E-state index contributed by atoms with van der Waals surface area (Å²) in [5, 5.41) is 1.15. The summed E-state index contributed by atoms with van der Waals surface area (Å²) in [6.07, 6.45) is 0. The van der Waals surface area contributed by atoms with E-state index in [1.165, 1.54) is 11.1 Å². The van der Waals surface area contributed by atoms with Crippen molar-refractivity contribution in [3.8, 4) is 0 Å². The van der Waals surface area contributed by atoms with Gasteiger partial charge in [0.25, 0.3) is 0 Å². The molecule has 2 heterocycles. The molecule has 3 heteroatoms. The molecule has 0 bridgehead atoms. The van der Waals surface area contributed by atoms with E-state index in [-0.39, 0.29) is 11.0 Å². The van der Waals surface area contributed by atoms with Crippen molar-refractivity contribution in [3.63, 3.8) is 0 Å². The van der Waals surface area contributed by atoms with Gasteiger partial charge in [-0.15, -0.1) is 0 Å². The predicted octanol–water partition coefficient (Wildman–Crippen LogP) is 5.90. The molecule has 0 atom stereocenters. The lowest BCUT2D eigenvalue weighted by Gasteiger charge is -2.44. The van der Waals surface area contributed by atoms with Crippen molar-refractivity contribution in [2.24, 2.45) is 4.99 Å². The molecule has 1 aliphatic heterocycles. The van der Waals surface area contributed by atoms with Gasteiger partial charge in [-0.25, -0.2) is 4.98 Å². The molecule has 25 heavy (non-hydrogen) atoms. The number of pyridine rings is 1.